The number of ether oxygens (including phenoxy) is 1. The van der Waals surface area contributed by atoms with E-state index in [2.05, 4.69) is 37.1 Å². The summed E-state index contributed by atoms with van der Waals surface area (Å²) in [6.45, 7) is 2.72. The van der Waals surface area contributed by atoms with Gasteiger partial charge in [0.05, 0.1) is 13.0 Å². The highest BCUT2D eigenvalue weighted by Crippen LogP contribution is 2.28. The van der Waals surface area contributed by atoms with Crippen LogP contribution in [0.2, 0.25) is 0 Å². The Bertz CT molecular complexity index is 797. The first-order valence-corrected chi connectivity index (χ1v) is 7.78. The summed E-state index contributed by atoms with van der Waals surface area (Å²) >= 11 is 0. The lowest BCUT2D eigenvalue weighted by Gasteiger charge is -2.37. The van der Waals surface area contributed by atoms with Gasteiger partial charge in [0.2, 0.25) is 17.5 Å². The summed E-state index contributed by atoms with van der Waals surface area (Å²) in [4.78, 5) is 15.0. The van der Waals surface area contributed by atoms with E-state index in [0.29, 0.717) is 17.5 Å². The van der Waals surface area contributed by atoms with E-state index in [4.69, 9.17) is 9.26 Å². The minimum absolute atomic E-state index is 0.271. The van der Waals surface area contributed by atoms with Gasteiger partial charge >= 0.3 is 0 Å². The number of nitrogens with zero attached hydrogens (tertiary/aromatic N) is 5. The molecule has 1 aromatic carbocycles. The Hall–Kier alpha value is -2.80. The van der Waals surface area contributed by atoms with E-state index >= 15 is 0 Å². The molecule has 1 saturated heterocycles. The summed E-state index contributed by atoms with van der Waals surface area (Å²) in [7, 11) is 1.67. The third-order valence-electron chi connectivity index (χ3n) is 4.08. The largest absolute Gasteiger partial charge is 0.497 e. The summed E-state index contributed by atoms with van der Waals surface area (Å²) in [5, 5.41) is 3.97. The van der Waals surface area contributed by atoms with Crippen molar-refractivity contribution >= 4 is 0 Å². The molecule has 1 aliphatic heterocycles. The van der Waals surface area contributed by atoms with Gasteiger partial charge in [-0.15, -0.1) is 0 Å². The highest BCUT2D eigenvalue weighted by molar-refractivity contribution is 5.40. The second-order valence-corrected chi connectivity index (χ2v) is 5.77. The van der Waals surface area contributed by atoms with Gasteiger partial charge in [0, 0.05) is 32.0 Å². The Kier molecular flexibility index (Phi) is 3.92. The van der Waals surface area contributed by atoms with Gasteiger partial charge in [-0.1, -0.05) is 17.3 Å². The van der Waals surface area contributed by atoms with Gasteiger partial charge in [-0.25, -0.2) is 9.97 Å². The fraction of sp³-hybridized carbons (Fsp3) is 0.294. The molecule has 0 bridgehead atoms. The van der Waals surface area contributed by atoms with Crippen LogP contribution in [0, 0.1) is 0 Å². The summed E-state index contributed by atoms with van der Waals surface area (Å²) < 4.78 is 10.5. The van der Waals surface area contributed by atoms with Crippen molar-refractivity contribution in [1.82, 2.24) is 25.0 Å². The van der Waals surface area contributed by atoms with Gasteiger partial charge in [-0.05, 0) is 23.8 Å². The van der Waals surface area contributed by atoms with E-state index in [0.717, 1.165) is 25.4 Å². The lowest BCUT2D eigenvalue weighted by atomic mass is 9.99. The van der Waals surface area contributed by atoms with Crippen LogP contribution in [0.15, 0.2) is 47.2 Å². The summed E-state index contributed by atoms with van der Waals surface area (Å²) in [5.74, 6) is 2.74. The van der Waals surface area contributed by atoms with E-state index in [-0.39, 0.29) is 5.92 Å². The first-order chi connectivity index (χ1) is 11.8. The van der Waals surface area contributed by atoms with Crippen molar-refractivity contribution in [3.8, 4) is 17.4 Å². The number of aromatic nitrogens is 4. The Morgan fingerprint density at radius 3 is 2.58 bits per heavy atom. The molecule has 0 radical (unpaired) electrons. The molecule has 7 heteroatoms. The molecular formula is C17H17N5O2. The standard InChI is InChI=1S/C17H17N5O2/c1-23-14-5-3-12(4-6-14)9-22-10-13(11-22)17-20-16(21-24-17)15-18-7-2-8-19-15/h2-8,13H,9-11H2,1H3. The predicted molar refractivity (Wildman–Crippen MR) is 86.3 cm³/mol. The third kappa shape index (κ3) is 2.98. The van der Waals surface area contributed by atoms with Crippen molar-refractivity contribution in [2.24, 2.45) is 0 Å². The summed E-state index contributed by atoms with van der Waals surface area (Å²) in [6.07, 6.45) is 3.33. The van der Waals surface area contributed by atoms with Crippen LogP contribution in [-0.2, 0) is 6.54 Å². The molecule has 3 heterocycles. The third-order valence-corrected chi connectivity index (χ3v) is 4.08. The molecule has 0 atom stereocenters. The molecule has 0 unspecified atom stereocenters. The number of likely N-dealkylation sites (tertiary alicyclic amines) is 1. The fourth-order valence-electron chi connectivity index (χ4n) is 2.75. The van der Waals surface area contributed by atoms with Crippen LogP contribution >= 0.6 is 0 Å². The Morgan fingerprint density at radius 1 is 1.12 bits per heavy atom. The number of rotatable bonds is 5. The van der Waals surface area contributed by atoms with Crippen LogP contribution in [0.5, 0.6) is 5.75 Å². The van der Waals surface area contributed by atoms with Crippen molar-refractivity contribution in [3.63, 3.8) is 0 Å². The monoisotopic (exact) mass is 323 g/mol. The van der Waals surface area contributed by atoms with Crippen molar-refractivity contribution in [3.05, 3.63) is 54.2 Å². The number of hydrogen-bond donors (Lipinski definition) is 0. The zero-order chi connectivity index (χ0) is 16.4. The minimum atomic E-state index is 0.271. The molecular weight excluding hydrogens is 306 g/mol. The second kappa shape index (κ2) is 6.37. The highest BCUT2D eigenvalue weighted by atomic mass is 16.5. The average molecular weight is 323 g/mol. The molecule has 0 amide bonds. The SMILES string of the molecule is COc1ccc(CN2CC(c3nc(-c4ncccn4)no3)C2)cc1. The number of benzene rings is 1. The fourth-order valence-corrected chi connectivity index (χ4v) is 2.75. The molecule has 1 fully saturated rings. The molecule has 3 aromatic rings. The van der Waals surface area contributed by atoms with Crippen LogP contribution in [-0.4, -0.2) is 45.2 Å². The minimum Gasteiger partial charge on any atom is -0.497 e. The maximum Gasteiger partial charge on any atom is 0.240 e. The number of hydrogen-bond acceptors (Lipinski definition) is 7. The van der Waals surface area contributed by atoms with Gasteiger partial charge in [0.1, 0.15) is 5.75 Å². The van der Waals surface area contributed by atoms with E-state index in [1.54, 1.807) is 25.6 Å². The van der Waals surface area contributed by atoms with Gasteiger partial charge in [0.15, 0.2) is 0 Å². The molecule has 4 rings (SSSR count). The molecule has 0 spiro atoms. The van der Waals surface area contributed by atoms with Crippen LogP contribution in [0.4, 0.5) is 0 Å². The van der Waals surface area contributed by atoms with E-state index in [9.17, 15) is 0 Å². The van der Waals surface area contributed by atoms with Gasteiger partial charge in [-0.3, -0.25) is 4.90 Å². The van der Waals surface area contributed by atoms with Crippen molar-refractivity contribution in [1.29, 1.82) is 0 Å². The lowest BCUT2D eigenvalue weighted by Crippen LogP contribution is -2.44. The molecule has 2 aromatic heterocycles. The highest BCUT2D eigenvalue weighted by Gasteiger charge is 2.32. The van der Waals surface area contributed by atoms with Gasteiger partial charge < -0.3 is 9.26 Å². The van der Waals surface area contributed by atoms with Crippen molar-refractivity contribution in [2.45, 2.75) is 12.5 Å². The van der Waals surface area contributed by atoms with Crippen molar-refractivity contribution < 1.29 is 9.26 Å². The summed E-state index contributed by atoms with van der Waals surface area (Å²) in [6, 6.07) is 9.90. The average Bonchev–Trinajstić information content (AvgIpc) is 3.08. The molecule has 7 nitrogen and oxygen atoms in total. The van der Waals surface area contributed by atoms with E-state index < -0.39 is 0 Å². The Labute approximate surface area is 139 Å². The van der Waals surface area contributed by atoms with E-state index in [1.165, 1.54) is 5.56 Å². The Morgan fingerprint density at radius 2 is 1.88 bits per heavy atom. The molecule has 122 valence electrons. The van der Waals surface area contributed by atoms with E-state index in [1.807, 2.05) is 12.1 Å². The predicted octanol–water partition coefficient (Wildman–Crippen LogP) is 2.13. The molecule has 0 saturated carbocycles. The normalized spacial score (nSPS) is 15.2. The lowest BCUT2D eigenvalue weighted by molar-refractivity contribution is 0.117. The van der Waals surface area contributed by atoms with Crippen LogP contribution in [0.3, 0.4) is 0 Å². The van der Waals surface area contributed by atoms with Crippen molar-refractivity contribution in [2.75, 3.05) is 20.2 Å². The maximum atomic E-state index is 5.37. The molecule has 1 aliphatic rings. The quantitative estimate of drug-likeness (QED) is 0.712. The zero-order valence-corrected chi connectivity index (χ0v) is 13.3. The zero-order valence-electron chi connectivity index (χ0n) is 13.3. The summed E-state index contributed by atoms with van der Waals surface area (Å²) in [5.41, 5.74) is 1.26. The van der Waals surface area contributed by atoms with Crippen LogP contribution in [0.1, 0.15) is 17.4 Å². The smallest absolute Gasteiger partial charge is 0.240 e. The van der Waals surface area contributed by atoms with Crippen LogP contribution in [0.25, 0.3) is 11.6 Å². The van der Waals surface area contributed by atoms with Gasteiger partial charge in [0.25, 0.3) is 0 Å². The molecule has 0 aliphatic carbocycles. The maximum absolute atomic E-state index is 5.37. The first-order valence-electron chi connectivity index (χ1n) is 7.78. The Balaban J connectivity index is 1.35. The van der Waals surface area contributed by atoms with Gasteiger partial charge in [-0.2, -0.15) is 4.98 Å². The van der Waals surface area contributed by atoms with Crippen LogP contribution < -0.4 is 4.74 Å². The first kappa shape index (κ1) is 14.8. The molecule has 0 N–H and O–H groups in total. The topological polar surface area (TPSA) is 77.2 Å². The number of methoxy groups -OCH3 is 1. The molecule has 24 heavy (non-hydrogen) atoms. The second-order valence-electron chi connectivity index (χ2n) is 5.77.